The monoisotopic (exact) mass is 498 g/mol. The second kappa shape index (κ2) is 15.2. The predicted molar refractivity (Wildman–Crippen MR) is 143 cm³/mol. The molecule has 0 aliphatic rings. The molecule has 7 heteroatoms. The number of aliphatic hydroxyl groups excluding tert-OH is 1. The van der Waals surface area contributed by atoms with Gasteiger partial charge in [-0.2, -0.15) is 0 Å². The lowest BCUT2D eigenvalue weighted by Crippen LogP contribution is -2.51. The molecule has 0 aromatic heterocycles. The van der Waals surface area contributed by atoms with Crippen molar-refractivity contribution in [2.45, 2.75) is 97.4 Å². The van der Waals surface area contributed by atoms with Crippen molar-refractivity contribution in [2.24, 2.45) is 5.92 Å². The zero-order valence-electron chi connectivity index (χ0n) is 22.1. The maximum atomic E-state index is 13.2. The molecule has 0 saturated carbocycles. The molecule has 36 heavy (non-hydrogen) atoms. The van der Waals surface area contributed by atoms with Crippen LogP contribution in [0.5, 0.6) is 0 Å². The highest BCUT2D eigenvalue weighted by Gasteiger charge is 2.34. The number of hydrogen-bond donors (Lipinski definition) is 3. The van der Waals surface area contributed by atoms with E-state index in [1.807, 2.05) is 57.2 Å². The van der Waals surface area contributed by atoms with Crippen LogP contribution in [0.15, 0.2) is 41.2 Å². The van der Waals surface area contributed by atoms with Crippen LogP contribution in [0.4, 0.5) is 4.79 Å². The molecule has 198 valence electrons. The van der Waals surface area contributed by atoms with Crippen LogP contribution in [0.2, 0.25) is 0 Å². The third kappa shape index (κ3) is 9.61. The van der Waals surface area contributed by atoms with Crippen molar-refractivity contribution >= 4 is 18.1 Å². The largest absolute Gasteiger partial charge is 0.445 e. The summed E-state index contributed by atoms with van der Waals surface area (Å²) < 4.78 is 5.30. The molecule has 2 rings (SSSR count). The Labute approximate surface area is 215 Å². The molecule has 0 bridgehead atoms. The lowest BCUT2D eigenvalue weighted by Gasteiger charge is -2.26. The number of alkyl carbamates (subject to hydrolysis) is 1. The van der Waals surface area contributed by atoms with Gasteiger partial charge in [-0.05, 0) is 30.7 Å². The number of ether oxygens (including phenoxy) is 1. The normalized spacial score (nSPS) is 14.2. The summed E-state index contributed by atoms with van der Waals surface area (Å²) >= 11 is 0. The molecular weight excluding hydrogens is 456 g/mol. The maximum Gasteiger partial charge on any atom is 0.408 e. The van der Waals surface area contributed by atoms with E-state index in [1.54, 1.807) is 6.08 Å². The lowest BCUT2D eigenvalue weighted by molar-refractivity contribution is -0.125. The van der Waals surface area contributed by atoms with Crippen LogP contribution >= 0.6 is 0 Å². The lowest BCUT2D eigenvalue weighted by atomic mass is 9.99. The smallest absolute Gasteiger partial charge is 0.408 e. The predicted octanol–water partition coefficient (Wildman–Crippen LogP) is 5.18. The molecule has 0 saturated heterocycles. The van der Waals surface area contributed by atoms with Crippen molar-refractivity contribution in [1.29, 1.82) is 0 Å². The molecule has 3 N–H and O–H groups in total. The molecule has 0 spiro atoms. The van der Waals surface area contributed by atoms with Gasteiger partial charge in [-0.1, -0.05) is 95.9 Å². The second-order valence-electron chi connectivity index (χ2n) is 9.79. The van der Waals surface area contributed by atoms with Crippen LogP contribution in [0.25, 0.3) is 6.08 Å². The fraction of sp³-hybridized carbons (Fsp3) is 0.552. The highest BCUT2D eigenvalue weighted by atomic mass is 16.5. The van der Waals surface area contributed by atoms with E-state index in [1.165, 1.54) is 0 Å². The van der Waals surface area contributed by atoms with Gasteiger partial charge in [0.15, 0.2) is 5.43 Å². The summed E-state index contributed by atoms with van der Waals surface area (Å²) in [5, 5.41) is 16.6. The zero-order valence-corrected chi connectivity index (χ0v) is 22.1. The van der Waals surface area contributed by atoms with Crippen LogP contribution < -0.4 is 16.1 Å². The molecule has 7 nitrogen and oxygen atoms in total. The van der Waals surface area contributed by atoms with Gasteiger partial charge in [0.2, 0.25) is 5.91 Å². The Morgan fingerprint density at radius 1 is 1.06 bits per heavy atom. The molecular formula is C29H42N2O5. The summed E-state index contributed by atoms with van der Waals surface area (Å²) in [6.07, 6.45) is 7.59. The van der Waals surface area contributed by atoms with Gasteiger partial charge in [0.05, 0.1) is 6.04 Å². The molecule has 0 aliphatic carbocycles. The highest BCUT2D eigenvalue weighted by molar-refractivity contribution is 5.86. The molecule has 0 aliphatic heterocycles. The van der Waals surface area contributed by atoms with Gasteiger partial charge in [0.1, 0.15) is 18.8 Å². The summed E-state index contributed by atoms with van der Waals surface area (Å²) in [5.41, 5.74) is 1.62. The van der Waals surface area contributed by atoms with Crippen LogP contribution in [-0.4, -0.2) is 29.2 Å². The number of hydrogen-bond acceptors (Lipinski definition) is 5. The first-order valence-corrected chi connectivity index (χ1v) is 13.2. The molecule has 0 fully saturated rings. The van der Waals surface area contributed by atoms with E-state index in [0.29, 0.717) is 24.0 Å². The van der Waals surface area contributed by atoms with Crippen molar-refractivity contribution in [3.8, 4) is 0 Å². The maximum absolute atomic E-state index is 13.2. The van der Waals surface area contributed by atoms with Crippen molar-refractivity contribution < 1.29 is 19.4 Å². The van der Waals surface area contributed by atoms with Gasteiger partial charge in [0.25, 0.3) is 0 Å². The average Bonchev–Trinajstić information content (AvgIpc) is 3.51. The van der Waals surface area contributed by atoms with Gasteiger partial charge in [-0.3, -0.25) is 9.59 Å². The van der Waals surface area contributed by atoms with Crippen molar-refractivity contribution in [1.82, 2.24) is 10.6 Å². The van der Waals surface area contributed by atoms with Crippen molar-refractivity contribution in [3.05, 3.63) is 63.3 Å². The summed E-state index contributed by atoms with van der Waals surface area (Å²) in [5.74, 6) is -0.254. The first-order valence-electron chi connectivity index (χ1n) is 13.2. The fourth-order valence-electron chi connectivity index (χ4n) is 4.01. The number of rotatable bonds is 16. The number of benzene rings is 1. The Morgan fingerprint density at radius 3 is 2.39 bits per heavy atom. The van der Waals surface area contributed by atoms with Crippen LogP contribution in [0.1, 0.15) is 95.4 Å². The molecule has 0 heterocycles. The van der Waals surface area contributed by atoms with Gasteiger partial charge in [-0.15, -0.1) is 0 Å². The Hall–Kier alpha value is -2.93. The van der Waals surface area contributed by atoms with Gasteiger partial charge in [0, 0.05) is 11.1 Å². The van der Waals surface area contributed by atoms with Crippen LogP contribution in [0.3, 0.4) is 0 Å². The third-order valence-corrected chi connectivity index (χ3v) is 6.13. The molecule has 2 amide bonds. The number of unbranched alkanes of at least 4 members (excludes halogenated alkanes) is 3. The minimum atomic E-state index is -1.08. The summed E-state index contributed by atoms with van der Waals surface area (Å²) in [4.78, 5) is 38.0. The Kier molecular flexibility index (Phi) is 12.4. The summed E-state index contributed by atoms with van der Waals surface area (Å²) in [7, 11) is 0. The zero-order chi connectivity index (χ0) is 26.5. The van der Waals surface area contributed by atoms with E-state index < -0.39 is 30.2 Å². The van der Waals surface area contributed by atoms with Gasteiger partial charge >= 0.3 is 6.09 Å². The van der Waals surface area contributed by atoms with E-state index in [-0.39, 0.29) is 18.0 Å². The number of aliphatic hydroxyl groups is 1. The minimum absolute atomic E-state index is 0.103. The molecule has 2 aromatic carbocycles. The van der Waals surface area contributed by atoms with Crippen LogP contribution in [-0.2, 0) is 16.1 Å². The first kappa shape index (κ1) is 29.3. The molecule has 3 atom stereocenters. The number of carbonyl (C=O) groups is 2. The van der Waals surface area contributed by atoms with Crippen LogP contribution in [0, 0.1) is 5.92 Å². The Morgan fingerprint density at radius 2 is 1.75 bits per heavy atom. The topological polar surface area (TPSA) is 105 Å². The minimum Gasteiger partial charge on any atom is -0.445 e. The molecule has 0 radical (unpaired) electrons. The van der Waals surface area contributed by atoms with E-state index in [0.717, 1.165) is 37.7 Å². The van der Waals surface area contributed by atoms with E-state index in [4.69, 9.17) is 4.74 Å². The molecule has 1 unspecified atom stereocenters. The highest BCUT2D eigenvalue weighted by Crippen LogP contribution is 2.27. The standard InChI is InChI=1S/C29H42N2O5/c1-5-7-9-13-16-22-25(26(22)32)27(33)23(17-8-6-2)30-28(34)24(18-20(3)4)31-29(35)36-19-21-14-11-10-12-15-21/h10-16,20,23-24,27,33H,5-9,17-19H2,1-4H3,(H,30,34)(H,31,35)/t23-,24?,27+/m0/s1. The van der Waals surface area contributed by atoms with E-state index >= 15 is 0 Å². The number of allylic oxidation sites excluding steroid dienone is 1. The quantitative estimate of drug-likeness (QED) is 0.277. The SMILES string of the molecule is CCCCC=Cc1c([C@H](O)[C@H](CCCC)NC(=O)C(CC(C)C)NC(=O)OCc2ccccc2)c1=O. The fourth-order valence-corrected chi connectivity index (χ4v) is 4.01. The summed E-state index contributed by atoms with van der Waals surface area (Å²) in [6.45, 7) is 8.17. The molecule has 2 aromatic rings. The third-order valence-electron chi connectivity index (χ3n) is 6.13. The first-order chi connectivity index (χ1) is 17.3. The van der Waals surface area contributed by atoms with Crippen molar-refractivity contribution in [3.63, 3.8) is 0 Å². The number of nitrogens with one attached hydrogen (secondary N) is 2. The Bertz CT molecular complexity index is 975. The summed E-state index contributed by atoms with van der Waals surface area (Å²) in [6, 6.07) is 7.88. The van der Waals surface area contributed by atoms with E-state index in [2.05, 4.69) is 17.6 Å². The van der Waals surface area contributed by atoms with Gasteiger partial charge < -0.3 is 20.5 Å². The average molecular weight is 499 g/mol. The number of carbonyl (C=O) groups excluding carboxylic acids is 2. The number of amides is 2. The Balaban J connectivity index is 2.04. The van der Waals surface area contributed by atoms with Crippen molar-refractivity contribution in [2.75, 3.05) is 0 Å². The second-order valence-corrected chi connectivity index (χ2v) is 9.79. The van der Waals surface area contributed by atoms with E-state index in [9.17, 15) is 19.5 Å². The van der Waals surface area contributed by atoms with Gasteiger partial charge in [-0.25, -0.2) is 4.79 Å².